The molecule has 10 heteroatoms. The molecule has 0 amide bonds. The lowest BCUT2D eigenvalue weighted by Gasteiger charge is -1.92. The Kier molecular flexibility index (Phi) is 2.60. The highest BCUT2D eigenvalue weighted by Gasteiger charge is 2.37. The number of nitro groups is 2. The van der Waals surface area contributed by atoms with Crippen LogP contribution in [0.4, 0.5) is 11.5 Å². The predicted octanol–water partition coefficient (Wildman–Crippen LogP) is 0.0127. The van der Waals surface area contributed by atoms with Gasteiger partial charge in [0.25, 0.3) is 5.69 Å². The number of methoxy groups -OCH3 is 1. The Labute approximate surface area is 81.1 Å². The van der Waals surface area contributed by atoms with Gasteiger partial charge in [-0.15, -0.1) is 5.10 Å². The second-order valence-electron chi connectivity index (χ2n) is 2.28. The van der Waals surface area contributed by atoms with E-state index in [2.05, 4.69) is 9.84 Å². The number of rotatable bonds is 3. The third-order valence-corrected chi connectivity index (χ3v) is 1.47. The highest BCUT2D eigenvalue weighted by Crippen LogP contribution is 2.27. The van der Waals surface area contributed by atoms with Crippen LogP contribution in [0.25, 0.3) is 0 Å². The van der Waals surface area contributed by atoms with Crippen molar-refractivity contribution in [1.29, 1.82) is 0 Å². The number of hydrogen-bond acceptors (Lipinski definition) is 7. The number of aromatic nitrogens is 2. The summed E-state index contributed by atoms with van der Waals surface area (Å²) in [7, 11) is 0.979. The van der Waals surface area contributed by atoms with Crippen molar-refractivity contribution in [2.45, 2.75) is 0 Å². The van der Waals surface area contributed by atoms with E-state index in [4.69, 9.17) is 0 Å². The fourth-order valence-electron chi connectivity index (χ4n) is 0.866. The number of aromatic amines is 1. The molecule has 0 aliphatic heterocycles. The summed E-state index contributed by atoms with van der Waals surface area (Å²) in [5.41, 5.74) is -1.74. The number of carbonyl (C=O) groups is 1. The summed E-state index contributed by atoms with van der Waals surface area (Å²) in [6.07, 6.45) is 0. The van der Waals surface area contributed by atoms with Gasteiger partial charge in [0, 0.05) is 0 Å². The minimum absolute atomic E-state index is 0.728. The molecule has 0 spiro atoms. The summed E-state index contributed by atoms with van der Waals surface area (Å²) in [5, 5.41) is 25.7. The van der Waals surface area contributed by atoms with Crippen molar-refractivity contribution in [2.75, 3.05) is 7.11 Å². The van der Waals surface area contributed by atoms with Crippen molar-refractivity contribution < 1.29 is 19.4 Å². The second kappa shape index (κ2) is 3.69. The summed E-state index contributed by atoms with van der Waals surface area (Å²) >= 11 is 0. The molecule has 0 saturated heterocycles. The van der Waals surface area contributed by atoms with Crippen LogP contribution >= 0.6 is 0 Å². The van der Waals surface area contributed by atoms with Gasteiger partial charge in [0.1, 0.15) is 0 Å². The molecule has 1 N–H and O–H groups in total. The summed E-state index contributed by atoms with van der Waals surface area (Å²) in [5.74, 6) is -2.08. The molecular formula is C5H4N4O6. The van der Waals surface area contributed by atoms with Gasteiger partial charge in [-0.05, 0) is 4.92 Å². The molecule has 0 aliphatic rings. The molecule has 15 heavy (non-hydrogen) atoms. The molecule has 0 unspecified atom stereocenters. The lowest BCUT2D eigenvalue weighted by atomic mass is 10.3. The van der Waals surface area contributed by atoms with Gasteiger partial charge in [0.05, 0.1) is 12.0 Å². The fraction of sp³-hybridized carbons (Fsp3) is 0.200. The molecule has 1 aromatic rings. The monoisotopic (exact) mass is 216 g/mol. The maximum absolute atomic E-state index is 10.9. The van der Waals surface area contributed by atoms with Crippen LogP contribution < -0.4 is 0 Å². The van der Waals surface area contributed by atoms with Crippen molar-refractivity contribution in [3.05, 3.63) is 25.9 Å². The van der Waals surface area contributed by atoms with Crippen molar-refractivity contribution in [2.24, 2.45) is 0 Å². The topological polar surface area (TPSA) is 141 Å². The van der Waals surface area contributed by atoms with E-state index >= 15 is 0 Å². The van der Waals surface area contributed by atoms with Crippen molar-refractivity contribution in [1.82, 2.24) is 10.2 Å². The lowest BCUT2D eigenvalue weighted by molar-refractivity contribution is -0.424. The van der Waals surface area contributed by atoms with Crippen molar-refractivity contribution in [3.63, 3.8) is 0 Å². The highest BCUT2D eigenvalue weighted by molar-refractivity contribution is 5.93. The third kappa shape index (κ3) is 1.72. The van der Waals surface area contributed by atoms with E-state index < -0.39 is 33.0 Å². The minimum Gasteiger partial charge on any atom is -0.464 e. The van der Waals surface area contributed by atoms with Gasteiger partial charge in [-0.3, -0.25) is 10.1 Å². The van der Waals surface area contributed by atoms with Crippen LogP contribution in [0.1, 0.15) is 10.5 Å². The van der Waals surface area contributed by atoms with Gasteiger partial charge in [-0.2, -0.15) is 0 Å². The number of H-pyrrole nitrogens is 1. The smallest absolute Gasteiger partial charge is 0.422 e. The van der Waals surface area contributed by atoms with E-state index in [9.17, 15) is 25.0 Å². The summed E-state index contributed by atoms with van der Waals surface area (Å²) < 4.78 is 4.17. The van der Waals surface area contributed by atoms with Crippen LogP contribution in [0.3, 0.4) is 0 Å². The molecule has 0 aliphatic carbocycles. The zero-order valence-electron chi connectivity index (χ0n) is 7.29. The summed E-state index contributed by atoms with van der Waals surface area (Å²) in [4.78, 5) is 29.6. The van der Waals surface area contributed by atoms with Crippen LogP contribution in [-0.4, -0.2) is 33.1 Å². The molecule has 1 aromatic heterocycles. The van der Waals surface area contributed by atoms with E-state index in [0.29, 0.717) is 0 Å². The van der Waals surface area contributed by atoms with Gasteiger partial charge in [-0.1, -0.05) is 5.10 Å². The zero-order valence-corrected chi connectivity index (χ0v) is 7.29. The van der Waals surface area contributed by atoms with Gasteiger partial charge >= 0.3 is 17.5 Å². The molecule has 1 heterocycles. The Morgan fingerprint density at radius 3 is 2.40 bits per heavy atom. The summed E-state index contributed by atoms with van der Waals surface area (Å²) in [6, 6.07) is 0. The molecular weight excluding hydrogens is 212 g/mol. The second-order valence-corrected chi connectivity index (χ2v) is 2.28. The molecule has 0 radical (unpaired) electrons. The zero-order chi connectivity index (χ0) is 11.6. The minimum atomic E-state index is -1.12. The van der Waals surface area contributed by atoms with E-state index in [1.807, 2.05) is 0 Å². The van der Waals surface area contributed by atoms with Gasteiger partial charge < -0.3 is 14.9 Å². The maximum atomic E-state index is 10.9. The Morgan fingerprint density at radius 1 is 1.40 bits per heavy atom. The number of esters is 1. The van der Waals surface area contributed by atoms with Crippen LogP contribution in [0, 0.1) is 20.2 Å². The summed E-state index contributed by atoms with van der Waals surface area (Å²) in [6.45, 7) is 0. The fourth-order valence-corrected chi connectivity index (χ4v) is 0.866. The lowest BCUT2D eigenvalue weighted by Crippen LogP contribution is -2.05. The Bertz CT molecular complexity index is 437. The molecule has 0 aromatic carbocycles. The Balaban J connectivity index is 3.36. The first-order chi connectivity index (χ1) is 6.99. The van der Waals surface area contributed by atoms with Crippen molar-refractivity contribution >= 4 is 17.5 Å². The van der Waals surface area contributed by atoms with Gasteiger partial charge in [0.15, 0.2) is 0 Å². The number of ether oxygens (including phenoxy) is 1. The average Bonchev–Trinajstić information content (AvgIpc) is 2.60. The number of hydrogen-bond donors (Lipinski definition) is 1. The van der Waals surface area contributed by atoms with Crippen molar-refractivity contribution in [3.8, 4) is 0 Å². The van der Waals surface area contributed by atoms with Gasteiger partial charge in [-0.25, -0.2) is 4.79 Å². The highest BCUT2D eigenvalue weighted by atomic mass is 16.6. The normalized spacial score (nSPS) is 9.67. The molecule has 10 nitrogen and oxygen atoms in total. The molecule has 1 rings (SSSR count). The first kappa shape index (κ1) is 10.6. The number of nitrogens with zero attached hydrogens (tertiary/aromatic N) is 3. The van der Waals surface area contributed by atoms with Crippen LogP contribution in [0.5, 0.6) is 0 Å². The van der Waals surface area contributed by atoms with Crippen LogP contribution in [0.2, 0.25) is 0 Å². The third-order valence-electron chi connectivity index (χ3n) is 1.47. The Morgan fingerprint density at radius 2 is 2.00 bits per heavy atom. The van der Waals surface area contributed by atoms with E-state index in [1.165, 1.54) is 0 Å². The van der Waals surface area contributed by atoms with Gasteiger partial charge in [0.2, 0.25) is 0 Å². The maximum Gasteiger partial charge on any atom is 0.422 e. The SMILES string of the molecule is COC(=O)c1n[nH]c([N+](=O)[O-])c1[N+](=O)[O-]. The molecule has 0 saturated carbocycles. The first-order valence-corrected chi connectivity index (χ1v) is 3.44. The largest absolute Gasteiger partial charge is 0.464 e. The van der Waals surface area contributed by atoms with Crippen LogP contribution in [0.15, 0.2) is 0 Å². The molecule has 80 valence electrons. The standard InChI is InChI=1S/C5H4N4O6/c1-15-5(10)2-3(8(11)12)4(7-6-2)9(13)14/h1H3,(H,6,7). The molecule has 0 atom stereocenters. The quantitative estimate of drug-likeness (QED) is 0.426. The van der Waals surface area contributed by atoms with Crippen LogP contribution in [-0.2, 0) is 4.74 Å². The molecule has 0 fully saturated rings. The van der Waals surface area contributed by atoms with E-state index in [0.717, 1.165) is 7.11 Å². The molecule has 0 bridgehead atoms. The van der Waals surface area contributed by atoms with E-state index in [1.54, 1.807) is 5.10 Å². The Hall–Kier alpha value is -2.52. The number of nitrogens with one attached hydrogen (secondary N) is 1. The average molecular weight is 216 g/mol. The predicted molar refractivity (Wildman–Crippen MR) is 43.2 cm³/mol. The first-order valence-electron chi connectivity index (χ1n) is 3.44. The number of carbonyl (C=O) groups excluding carboxylic acids is 1. The van der Waals surface area contributed by atoms with E-state index in [-0.39, 0.29) is 0 Å².